The van der Waals surface area contributed by atoms with E-state index in [0.29, 0.717) is 25.7 Å². The molecule has 0 aromatic heterocycles. The molecular formula is C91H178O17P2. The topological polar surface area (TPSA) is 237 Å². The van der Waals surface area contributed by atoms with Crippen LogP contribution in [-0.2, 0) is 65.4 Å². The van der Waals surface area contributed by atoms with Gasteiger partial charge in [-0.3, -0.25) is 37.3 Å². The van der Waals surface area contributed by atoms with Crippen LogP contribution in [0, 0.1) is 23.7 Å². The second kappa shape index (κ2) is 79.5. The van der Waals surface area contributed by atoms with E-state index in [4.69, 9.17) is 37.0 Å². The van der Waals surface area contributed by atoms with Crippen LogP contribution in [0.2, 0.25) is 0 Å². The highest BCUT2D eigenvalue weighted by molar-refractivity contribution is 7.47. The molecule has 0 aromatic rings. The van der Waals surface area contributed by atoms with E-state index in [1.807, 2.05) is 0 Å². The Morgan fingerprint density at radius 3 is 0.645 bits per heavy atom. The summed E-state index contributed by atoms with van der Waals surface area (Å²) < 4.78 is 69.0. The monoisotopic (exact) mass is 1610 g/mol. The molecule has 0 spiro atoms. The molecule has 654 valence electrons. The maximum absolute atomic E-state index is 13.2. The number of carbonyl (C=O) groups is 4. The van der Waals surface area contributed by atoms with E-state index in [2.05, 4.69) is 55.4 Å². The number of rotatable bonds is 88. The molecule has 0 amide bonds. The van der Waals surface area contributed by atoms with Crippen molar-refractivity contribution in [2.45, 2.75) is 497 Å². The van der Waals surface area contributed by atoms with Crippen LogP contribution < -0.4 is 0 Å². The fraction of sp³-hybridized carbons (Fsp3) is 0.956. The van der Waals surface area contributed by atoms with Crippen LogP contribution in [0.25, 0.3) is 0 Å². The number of hydrogen-bond acceptors (Lipinski definition) is 15. The van der Waals surface area contributed by atoms with Gasteiger partial charge in [-0.05, 0) is 49.4 Å². The van der Waals surface area contributed by atoms with E-state index in [9.17, 15) is 43.2 Å². The first-order valence-electron chi connectivity index (χ1n) is 46.8. The van der Waals surface area contributed by atoms with Gasteiger partial charge >= 0.3 is 39.5 Å². The molecule has 0 fully saturated rings. The molecule has 0 bridgehead atoms. The molecule has 0 saturated carbocycles. The van der Waals surface area contributed by atoms with E-state index in [-0.39, 0.29) is 25.7 Å². The lowest BCUT2D eigenvalue weighted by atomic mass is 9.99. The number of aliphatic hydroxyl groups is 1. The summed E-state index contributed by atoms with van der Waals surface area (Å²) in [6.45, 7) is 14.4. The Labute approximate surface area is 677 Å². The highest BCUT2D eigenvalue weighted by atomic mass is 31.2. The summed E-state index contributed by atoms with van der Waals surface area (Å²) in [4.78, 5) is 73.4. The molecule has 0 aromatic carbocycles. The van der Waals surface area contributed by atoms with E-state index in [1.165, 1.54) is 283 Å². The predicted octanol–water partition coefficient (Wildman–Crippen LogP) is 27.9. The molecule has 0 aliphatic rings. The average molecular weight is 1610 g/mol. The molecule has 0 aliphatic heterocycles. The highest BCUT2D eigenvalue weighted by Crippen LogP contribution is 2.45. The van der Waals surface area contributed by atoms with Crippen LogP contribution in [0.3, 0.4) is 0 Å². The molecule has 19 heteroatoms. The van der Waals surface area contributed by atoms with Gasteiger partial charge in [0.1, 0.15) is 19.3 Å². The van der Waals surface area contributed by atoms with Crippen molar-refractivity contribution in [3.63, 3.8) is 0 Å². The fourth-order valence-electron chi connectivity index (χ4n) is 14.1. The van der Waals surface area contributed by atoms with Gasteiger partial charge in [-0.25, -0.2) is 9.13 Å². The summed E-state index contributed by atoms with van der Waals surface area (Å²) >= 11 is 0. The zero-order chi connectivity index (χ0) is 80.9. The Hall–Kier alpha value is -1.94. The second-order valence-electron chi connectivity index (χ2n) is 34.1. The largest absolute Gasteiger partial charge is 0.472 e. The van der Waals surface area contributed by atoms with Gasteiger partial charge in [0, 0.05) is 25.7 Å². The maximum Gasteiger partial charge on any atom is 0.472 e. The molecule has 0 saturated heterocycles. The smallest absolute Gasteiger partial charge is 0.462 e. The van der Waals surface area contributed by atoms with Crippen molar-refractivity contribution in [1.82, 2.24) is 0 Å². The van der Waals surface area contributed by atoms with Crippen molar-refractivity contribution in [1.29, 1.82) is 0 Å². The standard InChI is InChI=1S/C91H178O17P2/c1-9-83(7)69-61-53-45-37-27-23-19-15-11-13-17-21-25-29-39-47-55-63-71-88(93)101-77-86(107-90(95)73-65-57-49-41-30-26-22-18-14-12-16-20-24-28-38-46-54-62-70-84(8)10-2)79-105-109(97,98)103-75-85(92)76-104-110(99,100)106-80-87(108-91(96)74-66-58-50-42-34-32-36-44-52-60-68-82(5)6)78-102-89(94)72-64-56-48-40-33-31-35-43-51-59-67-81(3)4/h81-87,92H,9-80H2,1-8H3,(H,97,98)(H,99,100)/t83?,84?,85-,86-,87-/m1/s1. The molecule has 17 nitrogen and oxygen atoms in total. The van der Waals surface area contributed by atoms with Crippen molar-refractivity contribution in [2.24, 2.45) is 23.7 Å². The summed E-state index contributed by atoms with van der Waals surface area (Å²) in [6.07, 6.45) is 70.8. The Morgan fingerprint density at radius 2 is 0.436 bits per heavy atom. The van der Waals surface area contributed by atoms with Crippen LogP contribution >= 0.6 is 15.6 Å². The number of unbranched alkanes of at least 4 members (excludes halogenated alkanes) is 52. The van der Waals surface area contributed by atoms with Gasteiger partial charge in [-0.2, -0.15) is 0 Å². The van der Waals surface area contributed by atoms with E-state index < -0.39 is 97.5 Å². The van der Waals surface area contributed by atoms with Gasteiger partial charge in [-0.1, -0.05) is 428 Å². The summed E-state index contributed by atoms with van der Waals surface area (Å²) in [5.74, 6) is 1.15. The molecule has 0 heterocycles. The summed E-state index contributed by atoms with van der Waals surface area (Å²) in [6, 6.07) is 0. The fourth-order valence-corrected chi connectivity index (χ4v) is 15.7. The Morgan fingerprint density at radius 1 is 0.255 bits per heavy atom. The minimum atomic E-state index is -4.97. The molecule has 3 N–H and O–H groups in total. The molecular weight excluding hydrogens is 1430 g/mol. The lowest BCUT2D eigenvalue weighted by Crippen LogP contribution is -2.30. The first kappa shape index (κ1) is 108. The van der Waals surface area contributed by atoms with E-state index >= 15 is 0 Å². The van der Waals surface area contributed by atoms with Gasteiger partial charge in [0.15, 0.2) is 12.2 Å². The number of phosphoric acid groups is 2. The lowest BCUT2D eigenvalue weighted by Gasteiger charge is -2.21. The average Bonchev–Trinajstić information content (AvgIpc) is 0.899. The lowest BCUT2D eigenvalue weighted by molar-refractivity contribution is -0.161. The second-order valence-corrected chi connectivity index (χ2v) is 37.0. The third-order valence-electron chi connectivity index (χ3n) is 22.0. The van der Waals surface area contributed by atoms with E-state index in [1.54, 1.807) is 0 Å². The maximum atomic E-state index is 13.2. The van der Waals surface area contributed by atoms with Crippen molar-refractivity contribution in [3.8, 4) is 0 Å². The van der Waals surface area contributed by atoms with Crippen molar-refractivity contribution < 1.29 is 80.2 Å². The zero-order valence-corrected chi connectivity index (χ0v) is 74.7. The number of carbonyl (C=O) groups excluding carboxylic acids is 4. The van der Waals surface area contributed by atoms with Gasteiger partial charge in [0.25, 0.3) is 0 Å². The van der Waals surface area contributed by atoms with Gasteiger partial charge in [0.2, 0.25) is 0 Å². The number of ether oxygens (including phenoxy) is 4. The molecule has 0 rings (SSSR count). The van der Waals surface area contributed by atoms with Gasteiger partial charge in [-0.15, -0.1) is 0 Å². The number of hydrogen-bond donors (Lipinski definition) is 3. The van der Waals surface area contributed by atoms with Crippen molar-refractivity contribution >= 4 is 39.5 Å². The summed E-state index contributed by atoms with van der Waals surface area (Å²) in [5.41, 5.74) is 0. The van der Waals surface area contributed by atoms with Crippen LogP contribution in [0.5, 0.6) is 0 Å². The minimum absolute atomic E-state index is 0.106. The third-order valence-corrected chi connectivity index (χ3v) is 23.9. The van der Waals surface area contributed by atoms with Gasteiger partial charge in [0.05, 0.1) is 26.4 Å². The quantitative estimate of drug-likeness (QED) is 0.0222. The minimum Gasteiger partial charge on any atom is -0.462 e. The number of aliphatic hydroxyl groups excluding tert-OH is 1. The molecule has 0 aliphatic carbocycles. The van der Waals surface area contributed by atoms with Crippen LogP contribution in [0.1, 0.15) is 479 Å². The molecule has 4 unspecified atom stereocenters. The molecule has 7 atom stereocenters. The van der Waals surface area contributed by atoms with Crippen molar-refractivity contribution in [2.75, 3.05) is 39.6 Å². The first-order valence-corrected chi connectivity index (χ1v) is 49.8. The third kappa shape index (κ3) is 81.2. The van der Waals surface area contributed by atoms with Crippen LogP contribution in [0.4, 0.5) is 0 Å². The van der Waals surface area contributed by atoms with Crippen LogP contribution in [-0.4, -0.2) is 96.7 Å². The summed E-state index contributed by atoms with van der Waals surface area (Å²) in [7, 11) is -9.94. The number of esters is 4. The SMILES string of the molecule is CCC(C)CCCCCCCCCCCCCCCCCCCCC(=O)OC[C@H](COP(=O)(O)OC[C@@H](O)COP(=O)(O)OC[C@@H](COC(=O)CCCCCCCCCCCCC(C)C)OC(=O)CCCCCCCCCCCCC(C)C)OC(=O)CCCCCCCCCCCCCCCCCCCCC(C)CC. The van der Waals surface area contributed by atoms with Crippen LogP contribution in [0.15, 0.2) is 0 Å². The first-order chi connectivity index (χ1) is 53.2. The number of phosphoric ester groups is 2. The zero-order valence-electron chi connectivity index (χ0n) is 72.9. The predicted molar refractivity (Wildman–Crippen MR) is 455 cm³/mol. The summed E-state index contributed by atoms with van der Waals surface area (Å²) in [5, 5.41) is 10.7. The van der Waals surface area contributed by atoms with Crippen molar-refractivity contribution in [3.05, 3.63) is 0 Å². The van der Waals surface area contributed by atoms with E-state index in [0.717, 1.165) is 114 Å². The normalized spacial score (nSPS) is 14.3. The Kier molecular flexibility index (Phi) is 78.1. The highest BCUT2D eigenvalue weighted by Gasteiger charge is 2.31. The Balaban J connectivity index is 5.23. The molecule has 0 radical (unpaired) electrons. The molecule has 110 heavy (non-hydrogen) atoms. The Bertz CT molecular complexity index is 2130. The van der Waals surface area contributed by atoms with Gasteiger partial charge < -0.3 is 33.8 Å².